The number of hydrogen-bond acceptors (Lipinski definition) is 6. The van der Waals surface area contributed by atoms with Gasteiger partial charge < -0.3 is 14.6 Å². The second kappa shape index (κ2) is 9.17. The van der Waals surface area contributed by atoms with Gasteiger partial charge in [0.25, 0.3) is 0 Å². The molecule has 2 heterocycles. The number of esters is 1. The molecule has 0 aliphatic carbocycles. The van der Waals surface area contributed by atoms with Gasteiger partial charge in [-0.15, -0.1) is 0 Å². The molecule has 0 atom stereocenters. The van der Waals surface area contributed by atoms with Crippen LogP contribution in [0.3, 0.4) is 0 Å². The van der Waals surface area contributed by atoms with Gasteiger partial charge in [0.1, 0.15) is 16.9 Å². The number of ether oxygens (including phenoxy) is 2. The molecule has 0 aromatic heterocycles. The van der Waals surface area contributed by atoms with Gasteiger partial charge in [-0.05, 0) is 35.4 Å². The molecule has 2 fully saturated rings. The molecule has 10 heteroatoms. The van der Waals surface area contributed by atoms with Gasteiger partial charge in [-0.1, -0.05) is 18.2 Å². The SMILES string of the molecule is COC(=O)c1ccc(CN2CC3(CCN(Cc4ccc(C(F)(F)F)cc4)CC3)OC2=O)cc1O. The van der Waals surface area contributed by atoms with Crippen LogP contribution in [0.4, 0.5) is 18.0 Å². The number of alkyl halides is 3. The summed E-state index contributed by atoms with van der Waals surface area (Å²) >= 11 is 0. The number of hydrogen-bond donors (Lipinski definition) is 1. The molecule has 2 aromatic rings. The summed E-state index contributed by atoms with van der Waals surface area (Å²) in [5, 5.41) is 10.1. The first kappa shape index (κ1) is 23.9. The minimum Gasteiger partial charge on any atom is -0.507 e. The van der Waals surface area contributed by atoms with Crippen molar-refractivity contribution in [3.05, 3.63) is 64.7 Å². The fraction of sp³-hybridized carbons (Fsp3) is 0.417. The third-order valence-electron chi connectivity index (χ3n) is 6.34. The summed E-state index contributed by atoms with van der Waals surface area (Å²) in [6.45, 7) is 2.45. The Hall–Kier alpha value is -3.27. The van der Waals surface area contributed by atoms with E-state index >= 15 is 0 Å². The van der Waals surface area contributed by atoms with Crippen molar-refractivity contribution < 1.29 is 37.3 Å². The van der Waals surface area contributed by atoms with Crippen molar-refractivity contribution in [1.82, 2.24) is 9.80 Å². The molecule has 0 saturated carbocycles. The Labute approximate surface area is 194 Å². The van der Waals surface area contributed by atoms with Crippen molar-refractivity contribution in [2.24, 2.45) is 0 Å². The molecule has 2 aromatic carbocycles. The van der Waals surface area contributed by atoms with Crippen LogP contribution in [0.15, 0.2) is 42.5 Å². The second-order valence-corrected chi connectivity index (χ2v) is 8.72. The maximum atomic E-state index is 12.7. The van der Waals surface area contributed by atoms with Gasteiger partial charge in [0, 0.05) is 39.0 Å². The minimum atomic E-state index is -4.35. The molecule has 1 N–H and O–H groups in total. The van der Waals surface area contributed by atoms with E-state index in [1.54, 1.807) is 11.0 Å². The topological polar surface area (TPSA) is 79.3 Å². The molecule has 1 amide bonds. The van der Waals surface area contributed by atoms with Gasteiger partial charge >= 0.3 is 18.2 Å². The number of aromatic hydroxyl groups is 1. The standard InChI is InChI=1S/C24H25F3N2O5/c1-33-21(31)19-7-4-17(12-20(19)30)14-29-15-23(34-22(29)32)8-10-28(11-9-23)13-16-2-5-18(6-3-16)24(25,26)27/h2-7,12,30H,8-11,13-15H2,1H3. The number of nitrogens with zero attached hydrogens (tertiary/aromatic N) is 2. The molecule has 0 bridgehead atoms. The van der Waals surface area contributed by atoms with Crippen molar-refractivity contribution in [2.75, 3.05) is 26.7 Å². The molecular formula is C24H25F3N2O5. The van der Waals surface area contributed by atoms with Gasteiger partial charge in [0.15, 0.2) is 0 Å². The minimum absolute atomic E-state index is 0.0483. The van der Waals surface area contributed by atoms with E-state index in [0.717, 1.165) is 17.7 Å². The molecular weight excluding hydrogens is 453 g/mol. The lowest BCUT2D eigenvalue weighted by Gasteiger charge is -2.37. The number of rotatable bonds is 5. The van der Waals surface area contributed by atoms with Crippen molar-refractivity contribution in [2.45, 2.75) is 37.7 Å². The Morgan fingerprint density at radius 3 is 2.32 bits per heavy atom. The van der Waals surface area contributed by atoms with E-state index in [9.17, 15) is 27.9 Å². The van der Waals surface area contributed by atoms with Crippen LogP contribution in [-0.2, 0) is 28.7 Å². The van der Waals surface area contributed by atoms with Gasteiger partial charge in [-0.3, -0.25) is 9.80 Å². The van der Waals surface area contributed by atoms with Crippen LogP contribution in [-0.4, -0.2) is 59.3 Å². The number of phenols is 1. The van der Waals surface area contributed by atoms with Gasteiger partial charge in [-0.25, -0.2) is 9.59 Å². The van der Waals surface area contributed by atoms with Crippen LogP contribution < -0.4 is 0 Å². The number of piperidine rings is 1. The molecule has 7 nitrogen and oxygen atoms in total. The summed E-state index contributed by atoms with van der Waals surface area (Å²) in [4.78, 5) is 27.8. The number of carbonyl (C=O) groups is 2. The maximum Gasteiger partial charge on any atom is 0.416 e. The van der Waals surface area contributed by atoms with E-state index in [4.69, 9.17) is 4.74 Å². The summed E-state index contributed by atoms with van der Waals surface area (Å²) in [5.41, 5.74) is 0.220. The predicted molar refractivity (Wildman–Crippen MR) is 115 cm³/mol. The molecule has 2 saturated heterocycles. The van der Waals surface area contributed by atoms with E-state index in [-0.39, 0.29) is 17.9 Å². The lowest BCUT2D eigenvalue weighted by atomic mass is 9.91. The zero-order chi connectivity index (χ0) is 24.5. The lowest BCUT2D eigenvalue weighted by molar-refractivity contribution is -0.137. The Balaban J connectivity index is 1.33. The average Bonchev–Trinajstić information content (AvgIpc) is 3.09. The quantitative estimate of drug-likeness (QED) is 0.650. The Bertz CT molecular complexity index is 1060. The zero-order valence-corrected chi connectivity index (χ0v) is 18.6. The first-order valence-corrected chi connectivity index (χ1v) is 10.9. The number of benzene rings is 2. The second-order valence-electron chi connectivity index (χ2n) is 8.72. The molecule has 0 radical (unpaired) electrons. The van der Waals surface area contributed by atoms with E-state index in [2.05, 4.69) is 9.64 Å². The summed E-state index contributed by atoms with van der Waals surface area (Å²) in [7, 11) is 1.23. The largest absolute Gasteiger partial charge is 0.507 e. The van der Waals surface area contributed by atoms with E-state index in [1.165, 1.54) is 31.4 Å². The van der Waals surface area contributed by atoms with Crippen molar-refractivity contribution >= 4 is 12.1 Å². The van der Waals surface area contributed by atoms with Crippen LogP contribution in [0.5, 0.6) is 5.75 Å². The third-order valence-corrected chi connectivity index (χ3v) is 6.34. The van der Waals surface area contributed by atoms with Crippen LogP contribution in [0.2, 0.25) is 0 Å². The third kappa shape index (κ3) is 5.11. The van der Waals surface area contributed by atoms with Crippen molar-refractivity contribution in [1.29, 1.82) is 0 Å². The highest BCUT2D eigenvalue weighted by Crippen LogP contribution is 2.35. The fourth-order valence-electron chi connectivity index (χ4n) is 4.43. The fourth-order valence-corrected chi connectivity index (χ4v) is 4.43. The van der Waals surface area contributed by atoms with Crippen molar-refractivity contribution in [3.8, 4) is 5.75 Å². The van der Waals surface area contributed by atoms with Gasteiger partial charge in [-0.2, -0.15) is 13.2 Å². The summed E-state index contributed by atoms with van der Waals surface area (Å²) in [5.74, 6) is -0.866. The highest BCUT2D eigenvalue weighted by Gasteiger charge is 2.46. The molecule has 34 heavy (non-hydrogen) atoms. The van der Waals surface area contributed by atoms with E-state index in [1.807, 2.05) is 0 Å². The molecule has 182 valence electrons. The van der Waals surface area contributed by atoms with E-state index in [0.29, 0.717) is 44.6 Å². The Kier molecular flexibility index (Phi) is 6.44. The van der Waals surface area contributed by atoms with Crippen LogP contribution in [0.1, 0.15) is 39.9 Å². The van der Waals surface area contributed by atoms with Gasteiger partial charge in [0.2, 0.25) is 0 Å². The van der Waals surface area contributed by atoms with Crippen molar-refractivity contribution in [3.63, 3.8) is 0 Å². The maximum absolute atomic E-state index is 12.7. The zero-order valence-electron chi connectivity index (χ0n) is 18.6. The number of amides is 1. The molecule has 2 aliphatic heterocycles. The monoisotopic (exact) mass is 478 g/mol. The predicted octanol–water partition coefficient (Wildman–Crippen LogP) is 4.18. The van der Waals surface area contributed by atoms with Crippen LogP contribution >= 0.6 is 0 Å². The number of methoxy groups -OCH3 is 1. The smallest absolute Gasteiger partial charge is 0.416 e. The average molecular weight is 478 g/mol. The summed E-state index contributed by atoms with van der Waals surface area (Å²) in [6, 6.07) is 9.69. The van der Waals surface area contributed by atoms with E-state index < -0.39 is 29.4 Å². The normalized spacial score (nSPS) is 18.2. The first-order valence-electron chi connectivity index (χ1n) is 10.9. The highest BCUT2D eigenvalue weighted by atomic mass is 19.4. The van der Waals surface area contributed by atoms with Crippen LogP contribution in [0.25, 0.3) is 0 Å². The number of halogens is 3. The molecule has 0 unspecified atom stereocenters. The molecule has 2 aliphatic rings. The number of carbonyl (C=O) groups excluding carboxylic acids is 2. The molecule has 1 spiro atoms. The highest BCUT2D eigenvalue weighted by molar-refractivity contribution is 5.92. The van der Waals surface area contributed by atoms with Crippen LogP contribution in [0, 0.1) is 0 Å². The Morgan fingerprint density at radius 2 is 1.74 bits per heavy atom. The summed E-state index contributed by atoms with van der Waals surface area (Å²) < 4.78 is 48.6. The first-order chi connectivity index (χ1) is 16.1. The number of likely N-dealkylation sites (tertiary alicyclic amines) is 1. The Morgan fingerprint density at radius 1 is 1.09 bits per heavy atom. The lowest BCUT2D eigenvalue weighted by Crippen LogP contribution is -2.46. The molecule has 4 rings (SSSR count). The summed E-state index contributed by atoms with van der Waals surface area (Å²) in [6.07, 6.45) is -3.56. The van der Waals surface area contributed by atoms with Gasteiger partial charge in [0.05, 0.1) is 19.2 Å². The number of phenolic OH excluding ortho intramolecular Hbond substituents is 1.